The predicted octanol–water partition coefficient (Wildman–Crippen LogP) is 3.26. The standard InChI is InChI=1S/C21H43N5.HI/c1-6-22-20(24-17-21(8-7-9-21)14-18(2)3)23-15-19(4)16-26-12-10-25(5)11-13-26;/h18-19H,6-17H2,1-5H3,(H2,22,23,24);1H. The van der Waals surface area contributed by atoms with Gasteiger partial charge >= 0.3 is 0 Å². The maximum atomic E-state index is 4.96. The molecule has 6 heteroatoms. The molecule has 1 aliphatic heterocycles. The van der Waals surface area contributed by atoms with Gasteiger partial charge in [-0.05, 0) is 50.5 Å². The molecular weight excluding hydrogens is 449 g/mol. The van der Waals surface area contributed by atoms with Gasteiger partial charge in [-0.1, -0.05) is 27.2 Å². The molecule has 2 aliphatic rings. The van der Waals surface area contributed by atoms with Crippen LogP contribution in [-0.4, -0.2) is 75.2 Å². The van der Waals surface area contributed by atoms with E-state index in [1.807, 2.05) is 0 Å². The Balaban J connectivity index is 0.00000364. The number of guanidine groups is 1. The van der Waals surface area contributed by atoms with Crippen molar-refractivity contribution in [3.8, 4) is 0 Å². The Morgan fingerprint density at radius 1 is 1.07 bits per heavy atom. The molecule has 1 saturated carbocycles. The molecule has 2 rings (SSSR count). The average molecular weight is 494 g/mol. The van der Waals surface area contributed by atoms with Gasteiger partial charge in [0.15, 0.2) is 5.96 Å². The number of hydrogen-bond acceptors (Lipinski definition) is 3. The molecular formula is C21H44IN5. The van der Waals surface area contributed by atoms with E-state index in [1.165, 1.54) is 58.4 Å². The highest BCUT2D eigenvalue weighted by Crippen LogP contribution is 2.46. The first-order valence-electron chi connectivity index (χ1n) is 10.9. The van der Waals surface area contributed by atoms with Gasteiger partial charge in [0.25, 0.3) is 0 Å². The molecule has 1 saturated heterocycles. The van der Waals surface area contributed by atoms with Gasteiger partial charge in [-0.25, -0.2) is 0 Å². The summed E-state index contributed by atoms with van der Waals surface area (Å²) in [7, 11) is 2.22. The second-order valence-electron chi connectivity index (χ2n) is 9.24. The van der Waals surface area contributed by atoms with Gasteiger partial charge in [0.1, 0.15) is 0 Å². The molecule has 1 unspecified atom stereocenters. The van der Waals surface area contributed by atoms with Crippen molar-refractivity contribution < 1.29 is 0 Å². The van der Waals surface area contributed by atoms with E-state index in [-0.39, 0.29) is 24.0 Å². The fraction of sp³-hybridized carbons (Fsp3) is 0.952. The molecule has 1 atom stereocenters. The smallest absolute Gasteiger partial charge is 0.191 e. The van der Waals surface area contributed by atoms with E-state index in [1.54, 1.807) is 0 Å². The number of halogens is 1. The monoisotopic (exact) mass is 493 g/mol. The topological polar surface area (TPSA) is 42.9 Å². The van der Waals surface area contributed by atoms with E-state index in [0.29, 0.717) is 11.3 Å². The molecule has 0 spiro atoms. The van der Waals surface area contributed by atoms with E-state index in [9.17, 15) is 0 Å². The Morgan fingerprint density at radius 3 is 2.26 bits per heavy atom. The van der Waals surface area contributed by atoms with E-state index < -0.39 is 0 Å². The van der Waals surface area contributed by atoms with Crippen LogP contribution in [0, 0.1) is 17.3 Å². The van der Waals surface area contributed by atoms with Gasteiger partial charge in [0.2, 0.25) is 0 Å². The summed E-state index contributed by atoms with van der Waals surface area (Å²) in [4.78, 5) is 9.98. The van der Waals surface area contributed by atoms with Crippen molar-refractivity contribution in [2.45, 2.75) is 53.4 Å². The van der Waals surface area contributed by atoms with Crippen LogP contribution in [0.2, 0.25) is 0 Å². The fourth-order valence-electron chi connectivity index (χ4n) is 4.36. The zero-order valence-corrected chi connectivity index (χ0v) is 20.7. The Bertz CT molecular complexity index is 428. The van der Waals surface area contributed by atoms with Crippen LogP contribution in [0.15, 0.2) is 4.99 Å². The lowest BCUT2D eigenvalue weighted by molar-refractivity contribution is 0.111. The number of piperazine rings is 1. The summed E-state index contributed by atoms with van der Waals surface area (Å²) in [6, 6.07) is 0. The van der Waals surface area contributed by atoms with Crippen LogP contribution in [-0.2, 0) is 0 Å². The molecule has 27 heavy (non-hydrogen) atoms. The molecule has 2 N–H and O–H groups in total. The third-order valence-corrected chi connectivity index (χ3v) is 5.96. The van der Waals surface area contributed by atoms with E-state index >= 15 is 0 Å². The second-order valence-corrected chi connectivity index (χ2v) is 9.24. The second kappa shape index (κ2) is 12.5. The molecule has 1 heterocycles. The highest BCUT2D eigenvalue weighted by molar-refractivity contribution is 14.0. The van der Waals surface area contributed by atoms with Crippen LogP contribution in [0.4, 0.5) is 0 Å². The van der Waals surface area contributed by atoms with Gasteiger partial charge in [0.05, 0.1) is 0 Å². The SMILES string of the molecule is CCNC(=NCC1(CC(C)C)CCC1)NCC(C)CN1CCN(C)CC1.I. The molecule has 0 bridgehead atoms. The minimum Gasteiger partial charge on any atom is -0.357 e. The van der Waals surface area contributed by atoms with Crippen molar-refractivity contribution in [3.05, 3.63) is 0 Å². The zero-order valence-electron chi connectivity index (χ0n) is 18.4. The third kappa shape index (κ3) is 8.86. The lowest BCUT2D eigenvalue weighted by Gasteiger charge is -2.42. The number of hydrogen-bond donors (Lipinski definition) is 2. The molecule has 160 valence electrons. The highest BCUT2D eigenvalue weighted by atomic mass is 127. The summed E-state index contributed by atoms with van der Waals surface area (Å²) >= 11 is 0. The summed E-state index contributed by atoms with van der Waals surface area (Å²) in [6.07, 6.45) is 5.41. The number of nitrogens with zero attached hydrogens (tertiary/aromatic N) is 3. The van der Waals surface area contributed by atoms with Crippen LogP contribution in [0.25, 0.3) is 0 Å². The van der Waals surface area contributed by atoms with Crippen LogP contribution in [0.5, 0.6) is 0 Å². The predicted molar refractivity (Wildman–Crippen MR) is 128 cm³/mol. The minimum atomic E-state index is 0. The van der Waals surface area contributed by atoms with Crippen LogP contribution in [0.1, 0.15) is 53.4 Å². The summed E-state index contributed by atoms with van der Waals surface area (Å²) in [5.41, 5.74) is 0.474. The quantitative estimate of drug-likeness (QED) is 0.294. The van der Waals surface area contributed by atoms with Crippen molar-refractivity contribution in [3.63, 3.8) is 0 Å². The maximum Gasteiger partial charge on any atom is 0.191 e. The Hall–Kier alpha value is -0.0800. The Morgan fingerprint density at radius 2 is 1.74 bits per heavy atom. The Kier molecular flexibility index (Phi) is 11.5. The van der Waals surface area contributed by atoms with Crippen molar-refractivity contribution in [2.24, 2.45) is 22.2 Å². The zero-order chi connectivity index (χ0) is 19.0. The largest absolute Gasteiger partial charge is 0.357 e. The first-order valence-corrected chi connectivity index (χ1v) is 10.9. The van der Waals surface area contributed by atoms with Crippen molar-refractivity contribution in [1.29, 1.82) is 0 Å². The lowest BCUT2D eigenvalue weighted by atomic mass is 9.64. The number of likely N-dealkylation sites (N-methyl/N-ethyl adjacent to an activating group) is 1. The van der Waals surface area contributed by atoms with Crippen LogP contribution < -0.4 is 10.6 Å². The van der Waals surface area contributed by atoms with Crippen LogP contribution >= 0.6 is 24.0 Å². The van der Waals surface area contributed by atoms with E-state index in [2.05, 4.69) is 55.2 Å². The number of rotatable bonds is 9. The summed E-state index contributed by atoms with van der Waals surface area (Å²) < 4.78 is 0. The number of nitrogens with one attached hydrogen (secondary N) is 2. The fourth-order valence-corrected chi connectivity index (χ4v) is 4.36. The van der Waals surface area contributed by atoms with Gasteiger partial charge in [-0.3, -0.25) is 4.99 Å². The van der Waals surface area contributed by atoms with E-state index in [4.69, 9.17) is 4.99 Å². The molecule has 1 aliphatic carbocycles. The van der Waals surface area contributed by atoms with Gasteiger partial charge in [0, 0.05) is 52.4 Å². The molecule has 5 nitrogen and oxygen atoms in total. The van der Waals surface area contributed by atoms with Crippen molar-refractivity contribution in [2.75, 3.05) is 59.4 Å². The molecule has 0 aromatic rings. The van der Waals surface area contributed by atoms with Gasteiger partial charge < -0.3 is 20.4 Å². The summed E-state index contributed by atoms with van der Waals surface area (Å²) in [6.45, 7) is 18.1. The van der Waals surface area contributed by atoms with Gasteiger partial charge in [-0.15, -0.1) is 24.0 Å². The maximum absolute atomic E-state index is 4.96. The molecule has 0 radical (unpaired) electrons. The lowest BCUT2D eigenvalue weighted by Crippen LogP contribution is -2.47. The molecule has 0 aromatic carbocycles. The normalized spacial score (nSPS) is 22.1. The Labute approximate surface area is 185 Å². The highest BCUT2D eigenvalue weighted by Gasteiger charge is 2.37. The van der Waals surface area contributed by atoms with Crippen molar-refractivity contribution >= 4 is 29.9 Å². The van der Waals surface area contributed by atoms with Crippen LogP contribution in [0.3, 0.4) is 0 Å². The van der Waals surface area contributed by atoms with E-state index in [0.717, 1.165) is 31.5 Å². The molecule has 0 aromatic heterocycles. The molecule has 2 fully saturated rings. The average Bonchev–Trinajstić information content (AvgIpc) is 2.56. The molecule has 0 amide bonds. The minimum absolute atomic E-state index is 0. The number of aliphatic imine (C=N–C) groups is 1. The first-order chi connectivity index (χ1) is 12.4. The first kappa shape index (κ1) is 25.0. The third-order valence-electron chi connectivity index (χ3n) is 5.96. The summed E-state index contributed by atoms with van der Waals surface area (Å²) in [5.74, 6) is 2.41. The van der Waals surface area contributed by atoms with Gasteiger partial charge in [-0.2, -0.15) is 0 Å². The summed E-state index contributed by atoms with van der Waals surface area (Å²) in [5, 5.41) is 7.03. The van der Waals surface area contributed by atoms with Crippen molar-refractivity contribution in [1.82, 2.24) is 20.4 Å².